The molecular formula is C15H15N5O3S. The van der Waals surface area contributed by atoms with E-state index in [-0.39, 0.29) is 24.6 Å². The molecule has 8 nitrogen and oxygen atoms in total. The predicted molar refractivity (Wildman–Crippen MR) is 89.0 cm³/mol. The first-order chi connectivity index (χ1) is 11.6. The van der Waals surface area contributed by atoms with Crippen molar-refractivity contribution in [3.63, 3.8) is 0 Å². The van der Waals surface area contributed by atoms with Gasteiger partial charge in [0, 0.05) is 36.1 Å². The minimum atomic E-state index is -0.386. The smallest absolute Gasteiger partial charge is 0.307 e. The summed E-state index contributed by atoms with van der Waals surface area (Å²) in [5.74, 6) is 0.0706. The van der Waals surface area contributed by atoms with Crippen LogP contribution in [-0.4, -0.2) is 31.9 Å². The Kier molecular flexibility index (Phi) is 4.80. The van der Waals surface area contributed by atoms with Crippen LogP contribution in [0, 0.1) is 6.92 Å². The van der Waals surface area contributed by atoms with Crippen LogP contribution in [0.1, 0.15) is 17.8 Å². The molecule has 0 fully saturated rings. The summed E-state index contributed by atoms with van der Waals surface area (Å²) >= 11 is 1.38. The molecule has 3 aromatic heterocycles. The fourth-order valence-electron chi connectivity index (χ4n) is 2.07. The van der Waals surface area contributed by atoms with Crippen molar-refractivity contribution in [1.29, 1.82) is 0 Å². The summed E-state index contributed by atoms with van der Waals surface area (Å²) in [4.78, 5) is 36.7. The number of aryl methyl sites for hydroxylation is 1. The average molecular weight is 345 g/mol. The van der Waals surface area contributed by atoms with Crippen LogP contribution in [0.2, 0.25) is 0 Å². The quantitative estimate of drug-likeness (QED) is 0.674. The molecule has 0 amide bonds. The summed E-state index contributed by atoms with van der Waals surface area (Å²) in [5, 5.41) is 4.78. The summed E-state index contributed by atoms with van der Waals surface area (Å²) in [6, 6.07) is 3.09. The molecule has 0 aliphatic rings. The van der Waals surface area contributed by atoms with E-state index in [1.165, 1.54) is 21.8 Å². The van der Waals surface area contributed by atoms with Gasteiger partial charge in [0.15, 0.2) is 4.96 Å². The number of anilines is 1. The van der Waals surface area contributed by atoms with E-state index in [0.717, 1.165) is 5.69 Å². The third-order valence-corrected chi connectivity index (χ3v) is 4.13. The van der Waals surface area contributed by atoms with Gasteiger partial charge in [-0.2, -0.15) is 0 Å². The number of carbonyl (C=O) groups excluding carboxylic acids is 1. The van der Waals surface area contributed by atoms with Crippen LogP contribution in [0.25, 0.3) is 4.96 Å². The molecular weight excluding hydrogens is 330 g/mol. The lowest BCUT2D eigenvalue weighted by molar-refractivity contribution is -0.144. The zero-order chi connectivity index (χ0) is 16.9. The first kappa shape index (κ1) is 16.1. The normalized spacial score (nSPS) is 10.7. The van der Waals surface area contributed by atoms with Crippen molar-refractivity contribution in [2.45, 2.75) is 20.0 Å². The highest BCUT2D eigenvalue weighted by atomic mass is 32.1. The summed E-state index contributed by atoms with van der Waals surface area (Å²) in [7, 11) is 0. The number of ether oxygens (including phenoxy) is 1. The van der Waals surface area contributed by atoms with Gasteiger partial charge in [0.1, 0.15) is 6.61 Å². The first-order valence-electron chi connectivity index (χ1n) is 7.27. The number of hydrogen-bond donors (Lipinski definition) is 1. The molecule has 124 valence electrons. The van der Waals surface area contributed by atoms with Gasteiger partial charge in [-0.05, 0) is 13.0 Å². The van der Waals surface area contributed by atoms with E-state index in [1.807, 2.05) is 12.3 Å². The molecule has 3 rings (SSSR count). The number of hydrogen-bond acceptors (Lipinski definition) is 8. The molecule has 0 radical (unpaired) electrons. The van der Waals surface area contributed by atoms with E-state index in [4.69, 9.17) is 4.74 Å². The second kappa shape index (κ2) is 7.18. The maximum atomic E-state index is 12.0. The Hall–Kier alpha value is -2.81. The van der Waals surface area contributed by atoms with Crippen LogP contribution in [0.3, 0.4) is 0 Å². The number of esters is 1. The molecule has 0 aromatic carbocycles. The SMILES string of the molecule is Cc1csc2nc(COC(=O)CCNc3ncccn3)cc(=O)n12. The van der Waals surface area contributed by atoms with Gasteiger partial charge in [-0.3, -0.25) is 14.0 Å². The minimum Gasteiger partial charge on any atom is -0.459 e. The zero-order valence-electron chi connectivity index (χ0n) is 12.9. The molecule has 0 saturated carbocycles. The maximum absolute atomic E-state index is 12.0. The zero-order valence-corrected chi connectivity index (χ0v) is 13.7. The van der Waals surface area contributed by atoms with Crippen LogP contribution < -0.4 is 10.9 Å². The highest BCUT2D eigenvalue weighted by Crippen LogP contribution is 2.11. The van der Waals surface area contributed by atoms with Gasteiger partial charge in [0.2, 0.25) is 5.95 Å². The molecule has 3 heterocycles. The average Bonchev–Trinajstić information content (AvgIpc) is 2.95. The third kappa shape index (κ3) is 3.74. The van der Waals surface area contributed by atoms with Gasteiger partial charge in [-0.15, -0.1) is 11.3 Å². The van der Waals surface area contributed by atoms with Crippen molar-refractivity contribution in [3.8, 4) is 0 Å². The van der Waals surface area contributed by atoms with E-state index in [1.54, 1.807) is 18.5 Å². The molecule has 0 spiro atoms. The Morgan fingerprint density at radius 2 is 2.17 bits per heavy atom. The number of nitrogens with one attached hydrogen (secondary N) is 1. The standard InChI is InChI=1S/C15H15N5O3S/c1-10-9-24-15-19-11(7-12(21)20(10)15)8-23-13(22)3-6-18-14-16-4-2-5-17-14/h2,4-5,7,9H,3,6,8H2,1H3,(H,16,17,18). The maximum Gasteiger partial charge on any atom is 0.307 e. The second-order valence-corrected chi connectivity index (χ2v) is 5.83. The molecule has 0 saturated heterocycles. The van der Waals surface area contributed by atoms with Crippen molar-refractivity contribution < 1.29 is 9.53 Å². The topological polar surface area (TPSA) is 98.5 Å². The molecule has 0 aliphatic heterocycles. The van der Waals surface area contributed by atoms with Crippen molar-refractivity contribution in [2.75, 3.05) is 11.9 Å². The number of rotatable bonds is 6. The monoisotopic (exact) mass is 345 g/mol. The van der Waals surface area contributed by atoms with Crippen LogP contribution in [0.4, 0.5) is 5.95 Å². The Bertz CT molecular complexity index is 906. The molecule has 0 bridgehead atoms. The number of thiazole rings is 1. The van der Waals surface area contributed by atoms with Gasteiger partial charge in [-0.1, -0.05) is 0 Å². The third-order valence-electron chi connectivity index (χ3n) is 3.19. The van der Waals surface area contributed by atoms with E-state index in [0.29, 0.717) is 23.1 Å². The van der Waals surface area contributed by atoms with E-state index < -0.39 is 0 Å². The Labute approximate surface area is 141 Å². The lowest BCUT2D eigenvalue weighted by Crippen LogP contribution is -2.17. The molecule has 0 aliphatic carbocycles. The first-order valence-corrected chi connectivity index (χ1v) is 8.15. The molecule has 9 heteroatoms. The van der Waals surface area contributed by atoms with Gasteiger partial charge >= 0.3 is 5.97 Å². The predicted octanol–water partition coefficient (Wildman–Crippen LogP) is 1.40. The molecule has 0 atom stereocenters. The van der Waals surface area contributed by atoms with Crippen LogP contribution in [0.15, 0.2) is 34.7 Å². The summed E-state index contributed by atoms with van der Waals surface area (Å²) in [6.45, 7) is 2.18. The second-order valence-electron chi connectivity index (χ2n) is 4.99. The van der Waals surface area contributed by atoms with Crippen LogP contribution in [-0.2, 0) is 16.1 Å². The number of carbonyl (C=O) groups is 1. The molecule has 1 N–H and O–H groups in total. The molecule has 0 unspecified atom stereocenters. The number of fused-ring (bicyclic) bond motifs is 1. The van der Waals surface area contributed by atoms with Crippen LogP contribution >= 0.6 is 11.3 Å². The lowest BCUT2D eigenvalue weighted by atomic mass is 10.4. The molecule has 24 heavy (non-hydrogen) atoms. The Balaban J connectivity index is 1.52. The van der Waals surface area contributed by atoms with Gasteiger partial charge in [0.25, 0.3) is 5.56 Å². The summed E-state index contributed by atoms with van der Waals surface area (Å²) in [6.07, 6.45) is 3.39. The molecule has 3 aromatic rings. The highest BCUT2D eigenvalue weighted by molar-refractivity contribution is 7.15. The van der Waals surface area contributed by atoms with Crippen molar-refractivity contribution in [1.82, 2.24) is 19.4 Å². The fourth-order valence-corrected chi connectivity index (χ4v) is 2.96. The minimum absolute atomic E-state index is 0.0244. The number of nitrogens with zero attached hydrogens (tertiary/aromatic N) is 4. The van der Waals surface area contributed by atoms with E-state index in [2.05, 4.69) is 20.3 Å². The summed E-state index contributed by atoms with van der Waals surface area (Å²) < 4.78 is 6.68. The van der Waals surface area contributed by atoms with Gasteiger partial charge in [0.05, 0.1) is 12.1 Å². The Morgan fingerprint density at radius 1 is 1.38 bits per heavy atom. The van der Waals surface area contributed by atoms with Crippen molar-refractivity contribution >= 4 is 28.2 Å². The fraction of sp³-hybridized carbons (Fsp3) is 0.267. The highest BCUT2D eigenvalue weighted by Gasteiger charge is 2.09. The number of aromatic nitrogens is 4. The summed E-state index contributed by atoms with van der Waals surface area (Å²) in [5.41, 5.74) is 1.10. The van der Waals surface area contributed by atoms with E-state index in [9.17, 15) is 9.59 Å². The van der Waals surface area contributed by atoms with Crippen LogP contribution in [0.5, 0.6) is 0 Å². The van der Waals surface area contributed by atoms with Gasteiger partial charge < -0.3 is 10.1 Å². The lowest BCUT2D eigenvalue weighted by Gasteiger charge is -2.06. The van der Waals surface area contributed by atoms with Gasteiger partial charge in [-0.25, -0.2) is 15.0 Å². The van der Waals surface area contributed by atoms with E-state index >= 15 is 0 Å². The van der Waals surface area contributed by atoms with Crippen molar-refractivity contribution in [2.24, 2.45) is 0 Å². The van der Waals surface area contributed by atoms with Crippen molar-refractivity contribution in [3.05, 3.63) is 51.6 Å². The Morgan fingerprint density at radius 3 is 2.96 bits per heavy atom. The largest absolute Gasteiger partial charge is 0.459 e.